The van der Waals surface area contributed by atoms with Crippen LogP contribution in [0.3, 0.4) is 0 Å². The van der Waals surface area contributed by atoms with E-state index in [4.69, 9.17) is 0 Å². The molecule has 0 aliphatic rings. The monoisotopic (exact) mass is 538 g/mol. The molecule has 0 N–H and O–H groups in total. The van der Waals surface area contributed by atoms with Gasteiger partial charge in [0.25, 0.3) is 0 Å². The Morgan fingerprint density at radius 2 is 1.39 bits per heavy atom. The first-order valence-electron chi connectivity index (χ1n) is 8.77. The topological polar surface area (TPSA) is 120 Å². The largest absolute Gasteiger partial charge is 1.00 e. The van der Waals surface area contributed by atoms with E-state index in [9.17, 15) is 27.3 Å². The van der Waals surface area contributed by atoms with Gasteiger partial charge >= 0.3 is 154 Å². The van der Waals surface area contributed by atoms with Crippen LogP contribution in [-0.2, 0) is 21.1 Å². The predicted molar refractivity (Wildman–Crippen MR) is 105 cm³/mol. The maximum atomic E-state index is 11.0. The standard InChI is InChI=1S/C20H25O6PS.3K/c1-15(2)14-17-8-12-19(13-9-17)18-10-6-16(7-11-18)4-3-5-20(27(21,22)23)28(24,25)26;;;/h6-14,20H,3-5H2,1-2H3,(H2,21,22,23)(H,24,25,26);;;/q;3*+1/p-3. The molecule has 1 atom stereocenters. The van der Waals surface area contributed by atoms with Crippen molar-refractivity contribution in [3.8, 4) is 11.1 Å². The summed E-state index contributed by atoms with van der Waals surface area (Å²) in [5.74, 6) is 0. The van der Waals surface area contributed by atoms with Gasteiger partial charge in [-0.15, -0.1) is 0 Å². The summed E-state index contributed by atoms with van der Waals surface area (Å²) < 4.78 is 43.9. The fraction of sp³-hybridized carbons (Fsp3) is 0.300. The maximum absolute atomic E-state index is 11.0. The van der Waals surface area contributed by atoms with Crippen LogP contribution in [0, 0.1) is 0 Å². The normalized spacial score (nSPS) is 11.9. The predicted octanol–water partition coefficient (Wildman–Crippen LogP) is -6.10. The first-order chi connectivity index (χ1) is 13.0. The van der Waals surface area contributed by atoms with Crippen LogP contribution >= 0.6 is 7.60 Å². The Hall–Kier alpha value is 3.15. The van der Waals surface area contributed by atoms with Gasteiger partial charge in [0.15, 0.2) is 0 Å². The number of aryl methyl sites for hydroxylation is 1. The molecule has 11 heteroatoms. The molecule has 2 rings (SSSR count). The van der Waals surface area contributed by atoms with Crippen LogP contribution in [0.25, 0.3) is 17.2 Å². The van der Waals surface area contributed by atoms with E-state index in [0.29, 0.717) is 6.42 Å². The Kier molecular flexibility index (Phi) is 19.7. The number of allylic oxidation sites excluding steroid dienone is 1. The van der Waals surface area contributed by atoms with Gasteiger partial charge < -0.3 is 18.9 Å². The molecule has 0 radical (unpaired) electrons. The molecule has 0 aliphatic carbocycles. The third-order valence-electron chi connectivity index (χ3n) is 4.26. The Labute approximate surface area is 312 Å². The van der Waals surface area contributed by atoms with Gasteiger partial charge in [-0.1, -0.05) is 67.8 Å². The van der Waals surface area contributed by atoms with Gasteiger partial charge in [0.1, 0.15) is 10.1 Å². The first-order valence-corrected chi connectivity index (χ1v) is 11.9. The molecule has 6 nitrogen and oxygen atoms in total. The number of hydrogen-bond donors (Lipinski definition) is 0. The molecule has 0 saturated carbocycles. The third-order valence-corrected chi connectivity index (χ3v) is 7.67. The number of rotatable bonds is 8. The minimum absolute atomic E-state index is 0. The van der Waals surface area contributed by atoms with Crippen LogP contribution in [0.5, 0.6) is 0 Å². The summed E-state index contributed by atoms with van der Waals surface area (Å²) in [6.45, 7) is 4.07. The van der Waals surface area contributed by atoms with Crippen LogP contribution in [0.4, 0.5) is 0 Å². The van der Waals surface area contributed by atoms with Gasteiger partial charge in [-0.2, -0.15) is 0 Å². The fourth-order valence-corrected chi connectivity index (χ4v) is 5.13. The number of hydrogen-bond acceptors (Lipinski definition) is 6. The van der Waals surface area contributed by atoms with E-state index < -0.39 is 29.1 Å². The first kappa shape index (κ1) is 36.3. The quantitative estimate of drug-likeness (QED) is 0.187. The average Bonchev–Trinajstić information content (AvgIpc) is 2.57. The molecule has 0 saturated heterocycles. The molecule has 152 valence electrons. The Balaban J connectivity index is 0. The SMILES string of the molecule is CC(C)=Cc1ccc(-c2ccc(CCCC(P(=O)([O-])[O-])S(=O)(=O)[O-])cc2)cc1.[K+].[K+].[K+]. The Bertz CT molecular complexity index is 983. The van der Waals surface area contributed by atoms with Gasteiger partial charge in [0.2, 0.25) is 0 Å². The minimum Gasteiger partial charge on any atom is -0.810 e. The summed E-state index contributed by atoms with van der Waals surface area (Å²) in [7, 11) is -10.7. The van der Waals surface area contributed by atoms with Crippen molar-refractivity contribution in [2.75, 3.05) is 0 Å². The molecule has 31 heavy (non-hydrogen) atoms. The van der Waals surface area contributed by atoms with Crippen LogP contribution < -0.4 is 164 Å². The molecular weight excluding hydrogens is 517 g/mol. The molecule has 0 bridgehead atoms. The molecule has 0 fully saturated rings. The molecular formula is C20H22K3O6PS. The van der Waals surface area contributed by atoms with Gasteiger partial charge in [-0.3, -0.25) is 0 Å². The van der Waals surface area contributed by atoms with E-state index in [0.717, 1.165) is 22.3 Å². The van der Waals surface area contributed by atoms with E-state index >= 15 is 0 Å². The average molecular weight is 539 g/mol. The maximum Gasteiger partial charge on any atom is 1.00 e. The molecule has 1 unspecified atom stereocenters. The third kappa shape index (κ3) is 13.3. The summed E-state index contributed by atoms with van der Waals surface area (Å²) in [5, 5.41) is 0. The zero-order valence-electron chi connectivity index (χ0n) is 18.7. The molecule has 0 aliphatic heterocycles. The van der Waals surface area contributed by atoms with Crippen molar-refractivity contribution in [2.24, 2.45) is 0 Å². The van der Waals surface area contributed by atoms with E-state index in [2.05, 4.69) is 6.08 Å². The van der Waals surface area contributed by atoms with Crippen molar-refractivity contribution in [2.45, 2.75) is 38.1 Å². The zero-order chi connectivity index (χ0) is 20.9. The summed E-state index contributed by atoms with van der Waals surface area (Å²) in [4.78, 5) is 19.6. The fourth-order valence-electron chi connectivity index (χ4n) is 2.91. The van der Waals surface area contributed by atoms with Gasteiger partial charge in [0.05, 0.1) is 4.99 Å². The Morgan fingerprint density at radius 1 is 0.935 bits per heavy atom. The molecule has 2 aromatic rings. The second-order valence-corrected chi connectivity index (χ2v) is 10.5. The van der Waals surface area contributed by atoms with Crippen molar-refractivity contribution in [3.05, 3.63) is 65.2 Å². The van der Waals surface area contributed by atoms with Crippen LogP contribution in [0.15, 0.2) is 54.1 Å². The number of benzene rings is 2. The second-order valence-electron chi connectivity index (χ2n) is 6.92. The van der Waals surface area contributed by atoms with E-state index in [1.54, 1.807) is 0 Å². The van der Waals surface area contributed by atoms with Crippen LogP contribution in [0.1, 0.15) is 37.8 Å². The van der Waals surface area contributed by atoms with Crippen molar-refractivity contribution in [3.63, 3.8) is 0 Å². The summed E-state index contributed by atoms with van der Waals surface area (Å²) in [5.41, 5.74) is 5.26. The smallest absolute Gasteiger partial charge is 0.810 e. The summed E-state index contributed by atoms with van der Waals surface area (Å²) in [6.07, 6.45) is 2.07. The molecule has 0 amide bonds. The molecule has 0 aromatic heterocycles. The van der Waals surface area contributed by atoms with Crippen molar-refractivity contribution >= 4 is 23.8 Å². The van der Waals surface area contributed by atoms with Gasteiger partial charge in [0, 0.05) is 0 Å². The molecule has 0 spiro atoms. The van der Waals surface area contributed by atoms with E-state index in [-0.39, 0.29) is 161 Å². The van der Waals surface area contributed by atoms with Crippen molar-refractivity contribution < 1.29 is 181 Å². The minimum atomic E-state index is -5.48. The zero-order valence-corrected chi connectivity index (χ0v) is 29.8. The van der Waals surface area contributed by atoms with Gasteiger partial charge in [-0.05, 0) is 55.4 Å². The van der Waals surface area contributed by atoms with Crippen LogP contribution in [0.2, 0.25) is 0 Å². The van der Waals surface area contributed by atoms with E-state index in [1.807, 2.05) is 62.4 Å². The van der Waals surface area contributed by atoms with Gasteiger partial charge in [-0.25, -0.2) is 8.42 Å². The van der Waals surface area contributed by atoms with E-state index in [1.165, 1.54) is 5.57 Å². The van der Waals surface area contributed by atoms with Crippen molar-refractivity contribution in [1.29, 1.82) is 0 Å². The molecule has 2 aromatic carbocycles. The summed E-state index contributed by atoms with van der Waals surface area (Å²) >= 11 is 0. The molecule has 0 heterocycles. The van der Waals surface area contributed by atoms with Crippen LogP contribution in [-0.4, -0.2) is 18.0 Å². The van der Waals surface area contributed by atoms with Crippen molar-refractivity contribution in [1.82, 2.24) is 0 Å². The Morgan fingerprint density at radius 3 is 1.77 bits per heavy atom. The summed E-state index contributed by atoms with van der Waals surface area (Å²) in [6, 6.07) is 15.6. The second kappa shape index (κ2) is 16.8.